The highest BCUT2D eigenvalue weighted by Crippen LogP contribution is 2.17. The van der Waals surface area contributed by atoms with Crippen molar-refractivity contribution in [2.45, 2.75) is 6.92 Å². The predicted molar refractivity (Wildman–Crippen MR) is 66.1 cm³/mol. The van der Waals surface area contributed by atoms with E-state index in [-0.39, 0.29) is 5.91 Å². The number of nitrogens with zero attached hydrogens (tertiary/aromatic N) is 1. The van der Waals surface area contributed by atoms with Gasteiger partial charge in [-0.25, -0.2) is 0 Å². The van der Waals surface area contributed by atoms with Crippen LogP contribution in [0.5, 0.6) is 0 Å². The van der Waals surface area contributed by atoms with Crippen LogP contribution in [0.4, 0.5) is 0 Å². The number of benzene rings is 1. The highest BCUT2D eigenvalue weighted by Gasteiger charge is 2.07. The number of rotatable bonds is 0. The maximum Gasteiger partial charge on any atom is 0.230 e. The molecule has 0 aliphatic rings. The normalized spacial score (nSPS) is 10.7. The van der Waals surface area contributed by atoms with Crippen molar-refractivity contribution in [1.29, 1.82) is 0 Å². The van der Waals surface area contributed by atoms with E-state index < -0.39 is 0 Å². The second-order valence-corrected chi connectivity index (χ2v) is 4.58. The number of hydrogen-bond acceptors (Lipinski definition) is 2. The SMILES string of the molecule is CC(=O)n1c(=S)[nH]c2cc(I)ccc21. The van der Waals surface area contributed by atoms with Crippen LogP contribution >= 0.6 is 34.8 Å². The first-order valence-electron chi connectivity index (χ1n) is 4.01. The zero-order valence-electron chi connectivity index (χ0n) is 7.37. The Kier molecular flexibility index (Phi) is 2.44. The van der Waals surface area contributed by atoms with Gasteiger partial charge in [0.15, 0.2) is 4.77 Å². The maximum absolute atomic E-state index is 11.3. The Morgan fingerprint density at radius 2 is 2.29 bits per heavy atom. The number of hydrogen-bond donors (Lipinski definition) is 1. The van der Waals surface area contributed by atoms with Crippen molar-refractivity contribution in [2.75, 3.05) is 0 Å². The van der Waals surface area contributed by atoms with Crippen molar-refractivity contribution in [3.8, 4) is 0 Å². The molecule has 14 heavy (non-hydrogen) atoms. The lowest BCUT2D eigenvalue weighted by Crippen LogP contribution is -2.04. The molecule has 72 valence electrons. The van der Waals surface area contributed by atoms with Crippen molar-refractivity contribution >= 4 is 51.7 Å². The molecule has 0 atom stereocenters. The first-order valence-corrected chi connectivity index (χ1v) is 5.49. The molecule has 0 saturated carbocycles. The summed E-state index contributed by atoms with van der Waals surface area (Å²) in [5.74, 6) is -0.0672. The number of nitrogens with one attached hydrogen (secondary N) is 1. The molecule has 0 saturated heterocycles. The topological polar surface area (TPSA) is 37.8 Å². The van der Waals surface area contributed by atoms with E-state index in [2.05, 4.69) is 27.6 Å². The highest BCUT2D eigenvalue weighted by atomic mass is 127. The van der Waals surface area contributed by atoms with E-state index in [1.807, 2.05) is 18.2 Å². The van der Waals surface area contributed by atoms with Gasteiger partial charge in [0, 0.05) is 10.5 Å². The van der Waals surface area contributed by atoms with E-state index in [1.165, 1.54) is 11.5 Å². The second kappa shape index (κ2) is 3.47. The molecule has 2 rings (SSSR count). The molecule has 5 heteroatoms. The maximum atomic E-state index is 11.3. The second-order valence-electron chi connectivity index (χ2n) is 2.95. The molecule has 0 aliphatic carbocycles. The number of carbonyl (C=O) groups excluding carboxylic acids is 1. The van der Waals surface area contributed by atoms with Crippen molar-refractivity contribution in [3.05, 3.63) is 26.5 Å². The monoisotopic (exact) mass is 318 g/mol. The lowest BCUT2D eigenvalue weighted by Gasteiger charge is -1.97. The Morgan fingerprint density at radius 3 is 2.93 bits per heavy atom. The van der Waals surface area contributed by atoms with Crippen molar-refractivity contribution < 1.29 is 4.79 Å². The Morgan fingerprint density at radius 1 is 1.57 bits per heavy atom. The number of carbonyl (C=O) groups is 1. The number of imidazole rings is 1. The summed E-state index contributed by atoms with van der Waals surface area (Å²) in [7, 11) is 0. The predicted octanol–water partition coefficient (Wildman–Crippen LogP) is 2.96. The summed E-state index contributed by atoms with van der Waals surface area (Å²) in [6.45, 7) is 1.50. The van der Waals surface area contributed by atoms with Gasteiger partial charge in [0.1, 0.15) is 0 Å². The summed E-state index contributed by atoms with van der Waals surface area (Å²) < 4.78 is 3.07. The first-order chi connectivity index (χ1) is 6.59. The molecule has 0 fully saturated rings. The molecule has 1 N–H and O–H groups in total. The van der Waals surface area contributed by atoms with E-state index in [9.17, 15) is 4.79 Å². The molecule has 0 spiro atoms. The number of fused-ring (bicyclic) bond motifs is 1. The van der Waals surface area contributed by atoms with Crippen LogP contribution in [0.1, 0.15) is 11.7 Å². The first kappa shape index (κ1) is 9.85. The van der Waals surface area contributed by atoms with Gasteiger partial charge < -0.3 is 4.98 Å². The van der Waals surface area contributed by atoms with E-state index in [1.54, 1.807) is 0 Å². The Hall–Kier alpha value is -0.690. The van der Waals surface area contributed by atoms with Gasteiger partial charge in [0.2, 0.25) is 5.91 Å². The summed E-state index contributed by atoms with van der Waals surface area (Å²) in [5, 5.41) is 0. The van der Waals surface area contributed by atoms with Gasteiger partial charge in [-0.3, -0.25) is 9.36 Å². The summed E-state index contributed by atoms with van der Waals surface area (Å²) in [4.78, 5) is 14.3. The summed E-state index contributed by atoms with van der Waals surface area (Å²) in [6.07, 6.45) is 0. The summed E-state index contributed by atoms with van der Waals surface area (Å²) >= 11 is 7.27. The van der Waals surface area contributed by atoms with Crippen LogP contribution in [-0.2, 0) is 0 Å². The molecule has 1 aromatic carbocycles. The number of halogens is 1. The third-order valence-electron chi connectivity index (χ3n) is 1.96. The number of H-pyrrole nitrogens is 1. The van der Waals surface area contributed by atoms with Crippen molar-refractivity contribution in [2.24, 2.45) is 0 Å². The molecule has 0 radical (unpaired) electrons. The van der Waals surface area contributed by atoms with Crippen LogP contribution < -0.4 is 0 Å². The molecule has 0 aliphatic heterocycles. The van der Waals surface area contributed by atoms with E-state index in [0.29, 0.717) is 4.77 Å². The minimum absolute atomic E-state index is 0.0672. The van der Waals surface area contributed by atoms with Gasteiger partial charge in [0.25, 0.3) is 0 Å². The minimum atomic E-state index is -0.0672. The van der Waals surface area contributed by atoms with Crippen LogP contribution in [0, 0.1) is 8.34 Å². The number of aromatic amines is 1. The van der Waals surface area contributed by atoms with E-state index >= 15 is 0 Å². The van der Waals surface area contributed by atoms with Crippen LogP contribution in [0.3, 0.4) is 0 Å². The smallest absolute Gasteiger partial charge is 0.230 e. The summed E-state index contributed by atoms with van der Waals surface area (Å²) in [6, 6.07) is 5.81. The van der Waals surface area contributed by atoms with Gasteiger partial charge in [-0.15, -0.1) is 0 Å². The molecule has 0 unspecified atom stereocenters. The number of aromatic nitrogens is 2. The fourth-order valence-corrected chi connectivity index (χ4v) is 2.22. The molecular weight excluding hydrogens is 311 g/mol. The molecule has 1 aromatic heterocycles. The molecule has 2 aromatic rings. The third kappa shape index (κ3) is 1.50. The lowest BCUT2D eigenvalue weighted by molar-refractivity contribution is 0.0939. The van der Waals surface area contributed by atoms with E-state index in [0.717, 1.165) is 14.6 Å². The average Bonchev–Trinajstić information content (AvgIpc) is 2.39. The zero-order chi connectivity index (χ0) is 10.3. The molecule has 0 bridgehead atoms. The van der Waals surface area contributed by atoms with Gasteiger partial charge in [0.05, 0.1) is 11.0 Å². The van der Waals surface area contributed by atoms with Crippen molar-refractivity contribution in [1.82, 2.24) is 9.55 Å². The van der Waals surface area contributed by atoms with Crippen LogP contribution in [0.2, 0.25) is 0 Å². The average molecular weight is 318 g/mol. The third-order valence-corrected chi connectivity index (χ3v) is 2.91. The molecular formula is C9H7IN2OS. The zero-order valence-corrected chi connectivity index (χ0v) is 10.3. The quantitative estimate of drug-likeness (QED) is 0.599. The fourth-order valence-electron chi connectivity index (χ4n) is 1.40. The standard InChI is InChI=1S/C9H7IN2OS/c1-5(13)12-8-3-2-6(10)4-7(8)11-9(12)14/h2-4H,1H3,(H,11,14). The molecule has 1 heterocycles. The van der Waals surface area contributed by atoms with Gasteiger partial charge in [-0.2, -0.15) is 0 Å². The minimum Gasteiger partial charge on any atom is -0.330 e. The van der Waals surface area contributed by atoms with Crippen LogP contribution in [-0.4, -0.2) is 15.5 Å². The lowest BCUT2D eigenvalue weighted by atomic mass is 10.3. The molecule has 0 amide bonds. The Balaban J connectivity index is 2.91. The fraction of sp³-hybridized carbons (Fsp3) is 0.111. The van der Waals surface area contributed by atoms with E-state index in [4.69, 9.17) is 12.2 Å². The summed E-state index contributed by atoms with van der Waals surface area (Å²) in [5.41, 5.74) is 1.74. The van der Waals surface area contributed by atoms with Crippen LogP contribution in [0.25, 0.3) is 11.0 Å². The van der Waals surface area contributed by atoms with Crippen LogP contribution in [0.15, 0.2) is 18.2 Å². The largest absolute Gasteiger partial charge is 0.330 e. The van der Waals surface area contributed by atoms with Gasteiger partial charge in [-0.1, -0.05) is 0 Å². The van der Waals surface area contributed by atoms with Gasteiger partial charge >= 0.3 is 0 Å². The van der Waals surface area contributed by atoms with Crippen molar-refractivity contribution in [3.63, 3.8) is 0 Å². The Labute approximate surface area is 99.3 Å². The Bertz CT molecular complexity index is 570. The van der Waals surface area contributed by atoms with Gasteiger partial charge in [-0.05, 0) is 53.0 Å². The highest BCUT2D eigenvalue weighted by molar-refractivity contribution is 14.1. The molecule has 3 nitrogen and oxygen atoms in total.